The minimum Gasteiger partial charge on any atom is -0.497 e. The summed E-state index contributed by atoms with van der Waals surface area (Å²) in [6.07, 6.45) is 3.23. The van der Waals surface area contributed by atoms with Crippen LogP contribution in [-0.4, -0.2) is 61.8 Å². The molecule has 0 aromatic heterocycles. The summed E-state index contributed by atoms with van der Waals surface area (Å²) in [5, 5.41) is 19.9. The molecule has 2 rings (SSSR count). The number of ketones is 1. The maximum absolute atomic E-state index is 12.6. The first kappa shape index (κ1) is 21.6. The van der Waals surface area contributed by atoms with Crippen molar-refractivity contribution >= 4 is 17.8 Å². The maximum Gasteiger partial charge on any atom is 0.342 e. The van der Waals surface area contributed by atoms with E-state index in [0.717, 1.165) is 0 Å². The van der Waals surface area contributed by atoms with E-state index in [4.69, 9.17) is 18.9 Å². The van der Waals surface area contributed by atoms with Gasteiger partial charge in [-0.15, -0.1) is 0 Å². The van der Waals surface area contributed by atoms with Crippen LogP contribution in [0.25, 0.3) is 6.08 Å². The number of methoxy groups -OCH3 is 2. The molecule has 8 nitrogen and oxygen atoms in total. The second-order valence-electron chi connectivity index (χ2n) is 6.02. The molecule has 0 saturated heterocycles. The van der Waals surface area contributed by atoms with Gasteiger partial charge in [0.15, 0.2) is 12.6 Å². The van der Waals surface area contributed by atoms with E-state index in [0.29, 0.717) is 11.3 Å². The average Bonchev–Trinajstić information content (AvgIpc) is 2.69. The van der Waals surface area contributed by atoms with Crippen molar-refractivity contribution in [1.82, 2.24) is 0 Å². The summed E-state index contributed by atoms with van der Waals surface area (Å²) >= 11 is 0. The lowest BCUT2D eigenvalue weighted by molar-refractivity contribution is -0.127. The van der Waals surface area contributed by atoms with Crippen molar-refractivity contribution in [3.8, 4) is 11.5 Å². The Balaban J connectivity index is 2.45. The molecule has 2 N–H and O–H groups in total. The van der Waals surface area contributed by atoms with Gasteiger partial charge in [0, 0.05) is 13.2 Å². The minimum atomic E-state index is -1.53. The number of hydrogen-bond donors (Lipinski definition) is 2. The third kappa shape index (κ3) is 5.66. The van der Waals surface area contributed by atoms with Gasteiger partial charge in [0.1, 0.15) is 23.2 Å². The lowest BCUT2D eigenvalue weighted by Crippen LogP contribution is -2.32. The number of cyclic esters (lactones) is 1. The molecule has 8 heteroatoms. The number of aliphatic hydroxyl groups excluding tert-OH is 2. The van der Waals surface area contributed by atoms with Crippen LogP contribution in [0.2, 0.25) is 0 Å². The first-order valence-electron chi connectivity index (χ1n) is 8.72. The predicted molar refractivity (Wildman–Crippen MR) is 100 cm³/mol. The molecule has 0 aliphatic carbocycles. The number of esters is 1. The highest BCUT2D eigenvalue weighted by Gasteiger charge is 2.23. The van der Waals surface area contributed by atoms with Gasteiger partial charge >= 0.3 is 5.97 Å². The highest BCUT2D eigenvalue weighted by Crippen LogP contribution is 2.31. The fraction of sp³-hybridized carbons (Fsp3) is 0.400. The van der Waals surface area contributed by atoms with E-state index in [2.05, 4.69) is 0 Å². The summed E-state index contributed by atoms with van der Waals surface area (Å²) < 4.78 is 20.9. The Morgan fingerprint density at radius 2 is 1.93 bits per heavy atom. The molecule has 0 saturated carbocycles. The van der Waals surface area contributed by atoms with Crippen LogP contribution in [-0.2, 0) is 14.3 Å². The van der Waals surface area contributed by atoms with Crippen LogP contribution in [0.4, 0.5) is 0 Å². The van der Waals surface area contributed by atoms with Gasteiger partial charge in [-0.1, -0.05) is 18.2 Å². The van der Waals surface area contributed by atoms with E-state index >= 15 is 0 Å². The Morgan fingerprint density at radius 3 is 2.64 bits per heavy atom. The van der Waals surface area contributed by atoms with Gasteiger partial charge in [-0.25, -0.2) is 4.79 Å². The summed E-state index contributed by atoms with van der Waals surface area (Å²) in [5.74, 6) is -0.543. The zero-order valence-corrected chi connectivity index (χ0v) is 15.8. The van der Waals surface area contributed by atoms with E-state index in [1.165, 1.54) is 26.4 Å². The molecule has 1 aliphatic rings. The van der Waals surface area contributed by atoms with Crippen LogP contribution in [0.5, 0.6) is 11.5 Å². The largest absolute Gasteiger partial charge is 0.497 e. The van der Waals surface area contributed by atoms with Crippen molar-refractivity contribution in [2.75, 3.05) is 27.6 Å². The Morgan fingerprint density at radius 1 is 1.14 bits per heavy atom. The fourth-order valence-corrected chi connectivity index (χ4v) is 2.56. The van der Waals surface area contributed by atoms with Gasteiger partial charge in [-0.2, -0.15) is 0 Å². The topological polar surface area (TPSA) is 112 Å². The number of carbonyl (C=O) groups excluding carboxylic acids is 2. The minimum absolute atomic E-state index is 0.000700. The van der Waals surface area contributed by atoms with Crippen LogP contribution in [0, 0.1) is 0 Å². The normalized spacial score (nSPS) is 23.1. The van der Waals surface area contributed by atoms with Gasteiger partial charge in [0.25, 0.3) is 0 Å². The standard InChI is InChI=1S/C20H24O8/c1-25-12-28-17-11-14(26-2)10-13-6-5-8-16(22)19(23)15(21)7-3-4-9-27-20(24)18(13)17/h3,5-7,10-11,16,19,22-23H,4,8-9,12H2,1-2H3/b6-5+,7-3-/t16-,19?/m0/s1. The van der Waals surface area contributed by atoms with Crippen molar-refractivity contribution in [3.63, 3.8) is 0 Å². The zero-order chi connectivity index (χ0) is 20.5. The number of ether oxygens (including phenoxy) is 4. The molecule has 2 atom stereocenters. The lowest BCUT2D eigenvalue weighted by atomic mass is 10.0. The summed E-state index contributed by atoms with van der Waals surface area (Å²) in [7, 11) is 2.93. The summed E-state index contributed by atoms with van der Waals surface area (Å²) in [4.78, 5) is 24.5. The van der Waals surface area contributed by atoms with E-state index in [1.54, 1.807) is 24.3 Å². The molecular formula is C20H24O8. The molecule has 0 fully saturated rings. The van der Waals surface area contributed by atoms with E-state index in [-0.39, 0.29) is 37.6 Å². The van der Waals surface area contributed by atoms with Crippen LogP contribution >= 0.6 is 0 Å². The van der Waals surface area contributed by atoms with Crippen molar-refractivity contribution in [1.29, 1.82) is 0 Å². The lowest BCUT2D eigenvalue weighted by Gasteiger charge is -2.16. The summed E-state index contributed by atoms with van der Waals surface area (Å²) in [6, 6.07) is 3.17. The van der Waals surface area contributed by atoms with Gasteiger partial charge < -0.3 is 29.2 Å². The molecule has 0 bridgehead atoms. The number of fused-ring (bicyclic) bond motifs is 1. The zero-order valence-electron chi connectivity index (χ0n) is 15.8. The van der Waals surface area contributed by atoms with E-state index in [9.17, 15) is 19.8 Å². The van der Waals surface area contributed by atoms with Crippen LogP contribution in [0.3, 0.4) is 0 Å². The van der Waals surface area contributed by atoms with Crippen molar-refractivity contribution < 1.29 is 38.7 Å². The van der Waals surface area contributed by atoms with E-state index < -0.39 is 24.0 Å². The molecule has 152 valence electrons. The Labute approximate surface area is 163 Å². The molecule has 1 aliphatic heterocycles. The monoisotopic (exact) mass is 392 g/mol. The van der Waals surface area contributed by atoms with Crippen LogP contribution in [0.15, 0.2) is 30.4 Å². The first-order chi connectivity index (χ1) is 13.5. The van der Waals surface area contributed by atoms with Gasteiger partial charge in [-0.05, 0) is 30.5 Å². The fourth-order valence-electron chi connectivity index (χ4n) is 2.56. The predicted octanol–water partition coefficient (Wildman–Crippen LogP) is 1.49. The molecule has 1 heterocycles. The highest BCUT2D eigenvalue weighted by molar-refractivity contribution is 5.97. The first-order valence-corrected chi connectivity index (χ1v) is 8.72. The van der Waals surface area contributed by atoms with Crippen molar-refractivity contribution in [2.45, 2.75) is 25.0 Å². The third-order valence-corrected chi connectivity index (χ3v) is 4.01. The number of carbonyl (C=O) groups is 2. The van der Waals surface area contributed by atoms with E-state index in [1.807, 2.05) is 0 Å². The van der Waals surface area contributed by atoms with Gasteiger partial charge in [0.05, 0.1) is 19.8 Å². The smallest absolute Gasteiger partial charge is 0.342 e. The van der Waals surface area contributed by atoms with Crippen LogP contribution < -0.4 is 9.47 Å². The quantitative estimate of drug-likeness (QED) is 0.586. The average molecular weight is 392 g/mol. The molecule has 0 spiro atoms. The molecule has 28 heavy (non-hydrogen) atoms. The highest BCUT2D eigenvalue weighted by atomic mass is 16.7. The Kier molecular flexibility index (Phi) is 8.19. The molecule has 1 aromatic carbocycles. The second kappa shape index (κ2) is 10.6. The molecule has 0 amide bonds. The van der Waals surface area contributed by atoms with Crippen molar-refractivity contribution in [3.05, 3.63) is 41.5 Å². The molecule has 1 aromatic rings. The summed E-state index contributed by atoms with van der Waals surface area (Å²) in [6.45, 7) is -0.0491. The molecular weight excluding hydrogens is 368 g/mol. The second-order valence-corrected chi connectivity index (χ2v) is 6.02. The Bertz CT molecular complexity index is 753. The molecule has 0 radical (unpaired) electrons. The molecule has 1 unspecified atom stereocenters. The van der Waals surface area contributed by atoms with Gasteiger partial charge in [-0.3, -0.25) is 4.79 Å². The Hall–Kier alpha value is -2.68. The third-order valence-electron chi connectivity index (χ3n) is 4.01. The number of hydrogen-bond acceptors (Lipinski definition) is 8. The van der Waals surface area contributed by atoms with Gasteiger partial charge in [0.2, 0.25) is 0 Å². The van der Waals surface area contributed by atoms with Crippen molar-refractivity contribution in [2.24, 2.45) is 0 Å². The van der Waals surface area contributed by atoms with Crippen LogP contribution in [0.1, 0.15) is 28.8 Å². The number of rotatable bonds is 4. The number of aliphatic hydroxyl groups is 2. The SMILES string of the molecule is COCOc1cc(OC)cc2c1C(=O)OCC/C=C\C(=O)C(O)[C@@H](O)C/C=C/2. The maximum atomic E-state index is 12.6. The number of benzene rings is 1. The summed E-state index contributed by atoms with van der Waals surface area (Å²) in [5.41, 5.74) is 0.623.